The van der Waals surface area contributed by atoms with Crippen molar-refractivity contribution in [3.63, 3.8) is 0 Å². The van der Waals surface area contributed by atoms with Crippen LogP contribution in [0.25, 0.3) is 56.3 Å². The fourth-order valence-corrected chi connectivity index (χ4v) is 7.91. The van der Waals surface area contributed by atoms with Crippen molar-refractivity contribution in [3.8, 4) is 67.8 Å². The molecule has 8 aromatic rings. The van der Waals surface area contributed by atoms with Crippen LogP contribution < -0.4 is 4.74 Å². The molecule has 0 radical (unpaired) electrons. The Morgan fingerprint density at radius 1 is 0.400 bits per heavy atom. The molecule has 0 fully saturated rings. The molecule has 0 saturated heterocycles. The smallest absolute Gasteiger partial charge is 0.160 e. The van der Waals surface area contributed by atoms with Crippen LogP contribution in [0.2, 0.25) is 0 Å². The zero-order chi connectivity index (χ0) is 33.1. The summed E-state index contributed by atoms with van der Waals surface area (Å²) in [6.07, 6.45) is 1.84. The number of ether oxygens (including phenoxy) is 1. The lowest BCUT2D eigenvalue weighted by molar-refractivity contribution is 0.436. The third-order valence-corrected chi connectivity index (χ3v) is 10.0. The van der Waals surface area contributed by atoms with Gasteiger partial charge >= 0.3 is 0 Å². The largest absolute Gasteiger partial charge is 0.457 e. The van der Waals surface area contributed by atoms with Crippen LogP contribution in [0.5, 0.6) is 11.5 Å². The quantitative estimate of drug-likeness (QED) is 0.192. The Labute approximate surface area is 290 Å². The number of hydrogen-bond donors (Lipinski definition) is 0. The molecule has 0 unspecified atom stereocenters. The molecule has 4 heteroatoms. The maximum atomic E-state index is 6.80. The second-order valence-corrected chi connectivity index (χ2v) is 12.7. The van der Waals surface area contributed by atoms with Crippen LogP contribution in [0, 0.1) is 0 Å². The van der Waals surface area contributed by atoms with Crippen LogP contribution in [0.4, 0.5) is 0 Å². The summed E-state index contributed by atoms with van der Waals surface area (Å²) in [7, 11) is 0. The lowest BCUT2D eigenvalue weighted by atomic mass is 9.66. The lowest BCUT2D eigenvalue weighted by Crippen LogP contribution is -2.32. The van der Waals surface area contributed by atoms with E-state index in [1.165, 1.54) is 22.3 Å². The first-order valence-electron chi connectivity index (χ1n) is 16.9. The molecule has 3 heterocycles. The van der Waals surface area contributed by atoms with E-state index in [2.05, 4.69) is 115 Å². The molecule has 2 aliphatic rings. The van der Waals surface area contributed by atoms with Gasteiger partial charge in [0.2, 0.25) is 0 Å². The molecule has 0 atom stereocenters. The third kappa shape index (κ3) is 4.22. The van der Waals surface area contributed by atoms with E-state index in [-0.39, 0.29) is 0 Å². The van der Waals surface area contributed by atoms with Gasteiger partial charge in [0.05, 0.1) is 22.5 Å². The molecule has 234 valence electrons. The summed E-state index contributed by atoms with van der Waals surface area (Å²) in [5.74, 6) is 2.35. The summed E-state index contributed by atoms with van der Waals surface area (Å²) in [4.78, 5) is 15.1. The maximum Gasteiger partial charge on any atom is 0.160 e. The molecule has 4 nitrogen and oxygen atoms in total. The van der Waals surface area contributed by atoms with E-state index in [1.54, 1.807) is 0 Å². The van der Waals surface area contributed by atoms with Gasteiger partial charge in [0.15, 0.2) is 5.82 Å². The molecular weight excluding hydrogens is 611 g/mol. The Hall–Kier alpha value is -6.65. The highest BCUT2D eigenvalue weighted by Crippen LogP contribution is 2.62. The fraction of sp³-hybridized carbons (Fsp3) is 0.0217. The molecule has 1 aliphatic heterocycles. The van der Waals surface area contributed by atoms with Crippen LogP contribution in [0.15, 0.2) is 176 Å². The molecule has 0 amide bonds. The number of pyridine rings is 1. The summed E-state index contributed by atoms with van der Waals surface area (Å²) >= 11 is 0. The van der Waals surface area contributed by atoms with E-state index in [9.17, 15) is 0 Å². The van der Waals surface area contributed by atoms with Crippen LogP contribution in [-0.4, -0.2) is 15.0 Å². The van der Waals surface area contributed by atoms with E-state index in [0.717, 1.165) is 62.0 Å². The minimum atomic E-state index is -0.509. The number of aromatic nitrogens is 3. The molecule has 10 rings (SSSR count). The van der Waals surface area contributed by atoms with Crippen molar-refractivity contribution in [1.82, 2.24) is 15.0 Å². The van der Waals surface area contributed by atoms with Gasteiger partial charge in [0.1, 0.15) is 11.5 Å². The molecule has 6 aromatic carbocycles. The topological polar surface area (TPSA) is 47.9 Å². The van der Waals surface area contributed by atoms with Crippen molar-refractivity contribution in [2.75, 3.05) is 0 Å². The predicted molar refractivity (Wildman–Crippen MR) is 199 cm³/mol. The first-order valence-corrected chi connectivity index (χ1v) is 16.9. The highest BCUT2D eigenvalue weighted by Gasteiger charge is 2.50. The monoisotopic (exact) mass is 639 g/mol. The number of nitrogens with zero attached hydrogens (tertiary/aromatic N) is 3. The first kappa shape index (κ1) is 28.4. The van der Waals surface area contributed by atoms with E-state index < -0.39 is 5.41 Å². The minimum absolute atomic E-state index is 0.509. The fourth-order valence-electron chi connectivity index (χ4n) is 7.91. The van der Waals surface area contributed by atoms with Gasteiger partial charge in [-0.15, -0.1) is 0 Å². The highest BCUT2D eigenvalue weighted by atomic mass is 16.5. The van der Waals surface area contributed by atoms with Gasteiger partial charge in [-0.3, -0.25) is 4.98 Å². The molecule has 0 saturated carbocycles. The van der Waals surface area contributed by atoms with Crippen molar-refractivity contribution < 1.29 is 4.74 Å². The van der Waals surface area contributed by atoms with Gasteiger partial charge in [0.25, 0.3) is 0 Å². The van der Waals surface area contributed by atoms with Crippen molar-refractivity contribution in [3.05, 3.63) is 198 Å². The Kier molecular flexibility index (Phi) is 6.36. The average Bonchev–Trinajstić information content (AvgIpc) is 3.49. The summed E-state index contributed by atoms with van der Waals surface area (Å²) in [5.41, 5.74) is 13.2. The van der Waals surface area contributed by atoms with E-state index in [1.807, 2.05) is 60.8 Å². The van der Waals surface area contributed by atoms with Crippen LogP contribution >= 0.6 is 0 Å². The van der Waals surface area contributed by atoms with E-state index in [0.29, 0.717) is 5.82 Å². The Bertz CT molecular complexity index is 2480. The van der Waals surface area contributed by atoms with Gasteiger partial charge < -0.3 is 4.74 Å². The van der Waals surface area contributed by atoms with E-state index >= 15 is 0 Å². The summed E-state index contributed by atoms with van der Waals surface area (Å²) in [6, 6.07) is 59.1. The van der Waals surface area contributed by atoms with Gasteiger partial charge in [0, 0.05) is 39.6 Å². The number of fused-ring (bicyclic) bond motifs is 9. The molecule has 2 aromatic heterocycles. The molecule has 1 spiro atoms. The number of para-hydroxylation sites is 1. The van der Waals surface area contributed by atoms with Gasteiger partial charge in [-0.1, -0.05) is 140 Å². The highest BCUT2D eigenvalue weighted by molar-refractivity contribution is 5.89. The number of hydrogen-bond acceptors (Lipinski definition) is 4. The first-order chi connectivity index (χ1) is 24.8. The molecule has 1 aliphatic carbocycles. The summed E-state index contributed by atoms with van der Waals surface area (Å²) < 4.78 is 6.80. The van der Waals surface area contributed by atoms with Crippen LogP contribution in [0.3, 0.4) is 0 Å². The Morgan fingerprint density at radius 2 is 0.980 bits per heavy atom. The maximum absolute atomic E-state index is 6.80. The second-order valence-electron chi connectivity index (χ2n) is 12.7. The summed E-state index contributed by atoms with van der Waals surface area (Å²) in [5, 5.41) is 0. The minimum Gasteiger partial charge on any atom is -0.457 e. The Balaban J connectivity index is 1.18. The van der Waals surface area contributed by atoms with Crippen molar-refractivity contribution in [1.29, 1.82) is 0 Å². The normalized spacial score (nSPS) is 13.1. The van der Waals surface area contributed by atoms with Gasteiger partial charge in [-0.2, -0.15) is 0 Å². The number of rotatable bonds is 4. The average molecular weight is 640 g/mol. The van der Waals surface area contributed by atoms with Crippen molar-refractivity contribution in [2.45, 2.75) is 5.41 Å². The standard InChI is InChI=1S/C46H29N3O/c1-3-14-30(15-4-1)40-29-41(49-45(48-40)31-16-5-2-6-17-31)35-20-13-27-47-44(35)32-25-26-39-43(28-32)50-42-24-12-11-23-38(42)46(39)36-21-9-7-18-33(36)34-19-8-10-22-37(34)46/h1-29H. The molecule has 0 bridgehead atoms. The zero-order valence-electron chi connectivity index (χ0n) is 27.0. The molecular formula is C46H29N3O. The number of benzene rings is 6. The van der Waals surface area contributed by atoms with Gasteiger partial charge in [-0.05, 0) is 52.6 Å². The SMILES string of the molecule is c1ccc(-c2cc(-c3cccnc3-c3ccc4c(c3)Oc3ccccc3C43c4ccccc4-c4ccccc43)nc(-c3ccccc3)n2)cc1. The molecule has 50 heavy (non-hydrogen) atoms. The predicted octanol–water partition coefficient (Wildman–Crippen LogP) is 11.0. The van der Waals surface area contributed by atoms with Crippen LogP contribution in [-0.2, 0) is 5.41 Å². The Morgan fingerprint density at radius 3 is 1.72 bits per heavy atom. The van der Waals surface area contributed by atoms with Gasteiger partial charge in [-0.25, -0.2) is 9.97 Å². The second kappa shape index (κ2) is 11.2. The third-order valence-electron chi connectivity index (χ3n) is 10.0. The van der Waals surface area contributed by atoms with Crippen LogP contribution in [0.1, 0.15) is 22.3 Å². The van der Waals surface area contributed by atoms with Crippen molar-refractivity contribution >= 4 is 0 Å². The molecule has 0 N–H and O–H groups in total. The zero-order valence-corrected chi connectivity index (χ0v) is 27.0. The van der Waals surface area contributed by atoms with Crippen molar-refractivity contribution in [2.24, 2.45) is 0 Å². The van der Waals surface area contributed by atoms with E-state index in [4.69, 9.17) is 19.7 Å². The summed E-state index contributed by atoms with van der Waals surface area (Å²) in [6.45, 7) is 0. The lowest BCUT2D eigenvalue weighted by Gasteiger charge is -2.39.